The molecule has 1 aromatic carbocycles. The third kappa shape index (κ3) is 2.76. The molecule has 3 rings (SSSR count). The molecular weight excluding hydrogens is 300 g/mol. The summed E-state index contributed by atoms with van der Waals surface area (Å²) in [7, 11) is 1.31. The maximum atomic E-state index is 12.0. The molecule has 0 bridgehead atoms. The van der Waals surface area contributed by atoms with Crippen LogP contribution in [0.3, 0.4) is 0 Å². The van der Waals surface area contributed by atoms with Crippen molar-refractivity contribution >= 4 is 17.0 Å². The fourth-order valence-electron chi connectivity index (χ4n) is 2.23. The van der Waals surface area contributed by atoms with Crippen LogP contribution < -0.4 is 11.4 Å². The summed E-state index contributed by atoms with van der Waals surface area (Å²) in [5, 5.41) is 0.235. The van der Waals surface area contributed by atoms with Gasteiger partial charge in [-0.25, -0.2) is 19.4 Å². The van der Waals surface area contributed by atoms with Gasteiger partial charge in [-0.3, -0.25) is 4.57 Å². The van der Waals surface area contributed by atoms with E-state index >= 15 is 0 Å². The lowest BCUT2D eigenvalue weighted by molar-refractivity contribution is 0.0600. The lowest BCUT2D eigenvalue weighted by Crippen LogP contribution is -2.26. The number of ether oxygens (including phenoxy) is 1. The first-order valence-corrected chi connectivity index (χ1v) is 6.76. The van der Waals surface area contributed by atoms with Crippen LogP contribution in [0.4, 0.5) is 0 Å². The third-order valence-corrected chi connectivity index (χ3v) is 3.38. The first-order valence-electron chi connectivity index (χ1n) is 6.76. The van der Waals surface area contributed by atoms with Crippen molar-refractivity contribution in [3.05, 3.63) is 74.7 Å². The Morgan fingerprint density at radius 3 is 2.65 bits per heavy atom. The second-order valence-electron chi connectivity index (χ2n) is 4.80. The van der Waals surface area contributed by atoms with Gasteiger partial charge < -0.3 is 9.15 Å². The molecule has 0 N–H and O–H groups in total. The number of carbonyl (C=O) groups excluding carboxylic acids is 1. The molecule has 7 heteroatoms. The number of nitrogens with zero attached hydrogens (tertiary/aromatic N) is 2. The van der Waals surface area contributed by atoms with Gasteiger partial charge in [0.25, 0.3) is 0 Å². The number of rotatable bonds is 3. The second-order valence-corrected chi connectivity index (χ2v) is 4.80. The van der Waals surface area contributed by atoms with E-state index in [1.807, 2.05) is 0 Å². The zero-order valence-electron chi connectivity index (χ0n) is 12.2. The molecule has 23 heavy (non-hydrogen) atoms. The Morgan fingerprint density at radius 1 is 1.22 bits per heavy atom. The van der Waals surface area contributed by atoms with Crippen molar-refractivity contribution in [1.82, 2.24) is 9.55 Å². The highest BCUT2D eigenvalue weighted by Gasteiger charge is 2.11. The van der Waals surface area contributed by atoms with Crippen molar-refractivity contribution in [3.63, 3.8) is 0 Å². The van der Waals surface area contributed by atoms with E-state index in [1.54, 1.807) is 36.4 Å². The molecule has 0 spiro atoms. The Bertz CT molecular complexity index is 986. The van der Waals surface area contributed by atoms with E-state index in [0.29, 0.717) is 5.56 Å². The molecular formula is C16H12N2O5. The normalized spacial score (nSPS) is 10.7. The van der Waals surface area contributed by atoms with Crippen molar-refractivity contribution < 1.29 is 13.9 Å². The largest absolute Gasteiger partial charge is 0.465 e. The minimum absolute atomic E-state index is 0.164. The zero-order valence-corrected chi connectivity index (χ0v) is 12.2. The standard InChI is InChI=1S/C16H12N2O5/c1-22-14(19)11-6-4-10(5-7-11)9-18-13-12(3-2-8-17-13)15(20)23-16(18)21/h2-8H,9H2,1H3. The van der Waals surface area contributed by atoms with Crippen LogP contribution in [0.1, 0.15) is 15.9 Å². The van der Waals surface area contributed by atoms with Crippen LogP contribution in [0.2, 0.25) is 0 Å². The molecule has 0 fully saturated rings. The molecule has 0 unspecified atom stereocenters. The number of methoxy groups -OCH3 is 1. The summed E-state index contributed by atoms with van der Waals surface area (Å²) in [6.45, 7) is 0.164. The van der Waals surface area contributed by atoms with Crippen molar-refractivity contribution in [2.24, 2.45) is 0 Å². The zero-order chi connectivity index (χ0) is 16.4. The van der Waals surface area contributed by atoms with Crippen LogP contribution in [-0.2, 0) is 11.3 Å². The highest BCUT2D eigenvalue weighted by Crippen LogP contribution is 2.10. The van der Waals surface area contributed by atoms with Crippen molar-refractivity contribution in [2.45, 2.75) is 6.54 Å². The number of fused-ring (bicyclic) bond motifs is 1. The summed E-state index contributed by atoms with van der Waals surface area (Å²) in [4.78, 5) is 39.1. The lowest BCUT2D eigenvalue weighted by atomic mass is 10.1. The predicted molar refractivity (Wildman–Crippen MR) is 81.4 cm³/mol. The number of aromatic nitrogens is 2. The van der Waals surface area contributed by atoms with E-state index in [1.165, 1.54) is 17.9 Å². The molecule has 0 atom stereocenters. The second kappa shape index (κ2) is 5.88. The first kappa shape index (κ1) is 14.7. The van der Waals surface area contributed by atoms with Gasteiger partial charge in [0, 0.05) is 6.20 Å². The molecule has 3 aromatic rings. The molecule has 0 aliphatic heterocycles. The van der Waals surface area contributed by atoms with Crippen LogP contribution in [0.15, 0.2) is 56.6 Å². The minimum atomic E-state index is -0.779. The fraction of sp³-hybridized carbons (Fsp3) is 0.125. The molecule has 0 radical (unpaired) electrons. The van der Waals surface area contributed by atoms with E-state index in [0.717, 1.165) is 5.56 Å². The Morgan fingerprint density at radius 2 is 1.96 bits per heavy atom. The average Bonchev–Trinajstić information content (AvgIpc) is 2.58. The summed E-state index contributed by atoms with van der Waals surface area (Å²) < 4.78 is 10.6. The molecule has 2 heterocycles. The van der Waals surface area contributed by atoms with Gasteiger partial charge >= 0.3 is 17.4 Å². The molecule has 7 nitrogen and oxygen atoms in total. The maximum Gasteiger partial charge on any atom is 0.423 e. The van der Waals surface area contributed by atoms with Crippen LogP contribution in [-0.4, -0.2) is 22.6 Å². The number of hydrogen-bond acceptors (Lipinski definition) is 6. The number of pyridine rings is 1. The van der Waals surface area contributed by atoms with Gasteiger partial charge in [-0.2, -0.15) is 0 Å². The van der Waals surface area contributed by atoms with Gasteiger partial charge in [0.15, 0.2) is 5.65 Å². The summed E-state index contributed by atoms with van der Waals surface area (Å²) in [6, 6.07) is 9.72. The van der Waals surface area contributed by atoms with E-state index < -0.39 is 17.4 Å². The summed E-state index contributed by atoms with van der Waals surface area (Å²) in [6.07, 6.45) is 1.50. The quantitative estimate of drug-likeness (QED) is 0.675. The van der Waals surface area contributed by atoms with Crippen LogP contribution in [0.25, 0.3) is 11.0 Å². The summed E-state index contributed by atoms with van der Waals surface area (Å²) >= 11 is 0. The average molecular weight is 312 g/mol. The van der Waals surface area contributed by atoms with Crippen LogP contribution in [0.5, 0.6) is 0 Å². The predicted octanol–water partition coefficient (Wildman–Crippen LogP) is 1.18. The first-order chi connectivity index (χ1) is 11.1. The topological polar surface area (TPSA) is 91.4 Å². The van der Waals surface area contributed by atoms with Crippen molar-refractivity contribution in [3.8, 4) is 0 Å². The van der Waals surface area contributed by atoms with Crippen molar-refractivity contribution in [2.75, 3.05) is 7.11 Å². The van der Waals surface area contributed by atoms with Gasteiger partial charge in [0.05, 0.1) is 19.2 Å². The number of esters is 1. The third-order valence-electron chi connectivity index (χ3n) is 3.38. The Labute approximate surface area is 129 Å². The molecule has 0 amide bonds. The monoisotopic (exact) mass is 312 g/mol. The van der Waals surface area contributed by atoms with Gasteiger partial charge in [0.1, 0.15) is 5.39 Å². The summed E-state index contributed by atoms with van der Waals surface area (Å²) in [5.74, 6) is -1.22. The lowest BCUT2D eigenvalue weighted by Gasteiger charge is -2.08. The van der Waals surface area contributed by atoms with Crippen molar-refractivity contribution in [1.29, 1.82) is 0 Å². The van der Waals surface area contributed by atoms with Crippen LogP contribution in [0, 0.1) is 0 Å². The van der Waals surface area contributed by atoms with Gasteiger partial charge in [-0.05, 0) is 29.8 Å². The number of hydrogen-bond donors (Lipinski definition) is 0. The van der Waals surface area contributed by atoms with Gasteiger partial charge in [-0.1, -0.05) is 12.1 Å². The Kier molecular flexibility index (Phi) is 3.76. The smallest absolute Gasteiger partial charge is 0.423 e. The Balaban J connectivity index is 2.04. The fourth-order valence-corrected chi connectivity index (χ4v) is 2.23. The Hall–Kier alpha value is -3.22. The molecule has 116 valence electrons. The van der Waals surface area contributed by atoms with Gasteiger partial charge in [-0.15, -0.1) is 0 Å². The molecule has 2 aromatic heterocycles. The van der Waals surface area contributed by atoms with E-state index in [-0.39, 0.29) is 17.6 Å². The van der Waals surface area contributed by atoms with Gasteiger partial charge in [0.2, 0.25) is 0 Å². The molecule has 0 aliphatic rings. The SMILES string of the molecule is COC(=O)c1ccc(Cn2c(=O)oc(=O)c3cccnc32)cc1. The number of benzene rings is 1. The minimum Gasteiger partial charge on any atom is -0.465 e. The van der Waals surface area contributed by atoms with E-state index in [4.69, 9.17) is 4.42 Å². The number of carbonyl (C=O) groups is 1. The molecule has 0 saturated heterocycles. The maximum absolute atomic E-state index is 12.0. The summed E-state index contributed by atoms with van der Waals surface area (Å²) in [5.41, 5.74) is 0.702. The molecule has 0 saturated carbocycles. The van der Waals surface area contributed by atoms with Crippen LogP contribution >= 0.6 is 0 Å². The van der Waals surface area contributed by atoms with E-state index in [9.17, 15) is 14.4 Å². The van der Waals surface area contributed by atoms with E-state index in [2.05, 4.69) is 9.72 Å². The molecule has 0 aliphatic carbocycles. The highest BCUT2D eigenvalue weighted by molar-refractivity contribution is 5.89. The highest BCUT2D eigenvalue weighted by atomic mass is 16.5.